The highest BCUT2D eigenvalue weighted by Gasteiger charge is 2.08. The lowest BCUT2D eigenvalue weighted by molar-refractivity contribution is -0.118. The normalized spacial score (nSPS) is 10.6. The lowest BCUT2D eigenvalue weighted by atomic mass is 10.1. The van der Waals surface area contributed by atoms with Crippen LogP contribution in [0.2, 0.25) is 5.02 Å². The molecule has 1 N–H and O–H groups in total. The van der Waals surface area contributed by atoms with E-state index in [1.54, 1.807) is 36.5 Å². The van der Waals surface area contributed by atoms with Gasteiger partial charge < -0.3 is 9.47 Å². The Morgan fingerprint density at radius 1 is 1.12 bits per heavy atom. The molecule has 0 spiro atoms. The number of amides is 1. The van der Waals surface area contributed by atoms with Gasteiger partial charge in [-0.25, -0.2) is 5.43 Å². The van der Waals surface area contributed by atoms with Crippen LogP contribution < -0.4 is 14.9 Å². The molecule has 0 aromatic heterocycles. The van der Waals surface area contributed by atoms with Crippen molar-refractivity contribution in [2.24, 2.45) is 5.10 Å². The molecule has 0 aliphatic rings. The van der Waals surface area contributed by atoms with Gasteiger partial charge in [0.2, 0.25) is 5.91 Å². The lowest BCUT2D eigenvalue weighted by Crippen LogP contribution is -2.19. The van der Waals surface area contributed by atoms with Crippen LogP contribution in [-0.4, -0.2) is 24.5 Å². The molecular formula is C25H22ClN3O3S. The molecule has 1 amide bonds. The summed E-state index contributed by atoms with van der Waals surface area (Å²) in [7, 11) is 0. The second kappa shape index (κ2) is 12.5. The maximum Gasteiger partial charge on any atom is 0.250 e. The number of halogens is 1. The van der Waals surface area contributed by atoms with Crippen molar-refractivity contribution in [1.29, 1.82) is 5.26 Å². The lowest BCUT2D eigenvalue weighted by Gasteiger charge is -2.13. The first-order valence-electron chi connectivity index (χ1n) is 10.2. The summed E-state index contributed by atoms with van der Waals surface area (Å²) in [5.41, 5.74) is 4.64. The maximum absolute atomic E-state index is 12.0. The van der Waals surface area contributed by atoms with Crippen LogP contribution in [0.5, 0.6) is 11.5 Å². The third kappa shape index (κ3) is 7.56. The van der Waals surface area contributed by atoms with E-state index in [0.29, 0.717) is 28.7 Å². The van der Waals surface area contributed by atoms with Gasteiger partial charge in [0.05, 0.1) is 30.2 Å². The molecule has 0 aliphatic carbocycles. The van der Waals surface area contributed by atoms with Crippen LogP contribution in [-0.2, 0) is 11.4 Å². The van der Waals surface area contributed by atoms with Gasteiger partial charge >= 0.3 is 0 Å². The first kappa shape index (κ1) is 24.2. The number of hydrazone groups is 1. The minimum absolute atomic E-state index is 0.215. The van der Waals surface area contributed by atoms with E-state index in [1.165, 1.54) is 11.8 Å². The highest BCUT2D eigenvalue weighted by atomic mass is 35.5. The van der Waals surface area contributed by atoms with Gasteiger partial charge in [-0.15, -0.1) is 11.8 Å². The summed E-state index contributed by atoms with van der Waals surface area (Å²) in [5.74, 6) is 1.14. The number of hydrogen-bond acceptors (Lipinski definition) is 6. The predicted molar refractivity (Wildman–Crippen MR) is 131 cm³/mol. The van der Waals surface area contributed by atoms with Crippen molar-refractivity contribution < 1.29 is 14.3 Å². The third-order valence-corrected chi connectivity index (χ3v) is 5.64. The largest absolute Gasteiger partial charge is 0.490 e. The molecule has 3 aromatic rings. The summed E-state index contributed by atoms with van der Waals surface area (Å²) >= 11 is 7.26. The van der Waals surface area contributed by atoms with E-state index in [4.69, 9.17) is 21.1 Å². The number of carbonyl (C=O) groups excluding carboxylic acids is 1. The smallest absolute Gasteiger partial charge is 0.250 e. The van der Waals surface area contributed by atoms with E-state index in [0.717, 1.165) is 16.0 Å². The first-order chi connectivity index (χ1) is 16.1. The van der Waals surface area contributed by atoms with E-state index in [2.05, 4.69) is 16.6 Å². The number of rotatable bonds is 10. The summed E-state index contributed by atoms with van der Waals surface area (Å²) < 4.78 is 11.6. The molecule has 0 saturated heterocycles. The Labute approximate surface area is 202 Å². The fourth-order valence-corrected chi connectivity index (χ4v) is 3.61. The molecule has 0 radical (unpaired) electrons. The van der Waals surface area contributed by atoms with E-state index in [1.807, 2.05) is 43.3 Å². The van der Waals surface area contributed by atoms with Gasteiger partial charge in [0.1, 0.15) is 6.61 Å². The van der Waals surface area contributed by atoms with Gasteiger partial charge in [0.15, 0.2) is 11.5 Å². The van der Waals surface area contributed by atoms with Crippen molar-refractivity contribution >= 4 is 35.5 Å². The molecule has 3 rings (SSSR count). The van der Waals surface area contributed by atoms with Crippen LogP contribution in [0.3, 0.4) is 0 Å². The van der Waals surface area contributed by atoms with Crippen LogP contribution in [0.4, 0.5) is 0 Å². The molecule has 168 valence electrons. The molecule has 0 atom stereocenters. The number of nitrogens with zero attached hydrogens (tertiary/aromatic N) is 2. The van der Waals surface area contributed by atoms with Crippen molar-refractivity contribution in [3.05, 3.63) is 88.4 Å². The van der Waals surface area contributed by atoms with Gasteiger partial charge in [-0.3, -0.25) is 4.79 Å². The zero-order valence-corrected chi connectivity index (χ0v) is 19.5. The topological polar surface area (TPSA) is 83.7 Å². The SMILES string of the molecule is CCOc1cc(/C=N\NC(=O)CSc2ccc(Cl)cc2)ccc1OCc1ccccc1C#N. The summed E-state index contributed by atoms with van der Waals surface area (Å²) in [6.07, 6.45) is 1.54. The fraction of sp³-hybridized carbons (Fsp3) is 0.160. The quantitative estimate of drug-likeness (QED) is 0.238. The summed E-state index contributed by atoms with van der Waals surface area (Å²) in [6, 6.07) is 22.1. The Balaban J connectivity index is 1.57. The predicted octanol–water partition coefficient (Wildman–Crippen LogP) is 5.43. The van der Waals surface area contributed by atoms with Gasteiger partial charge in [-0.2, -0.15) is 10.4 Å². The fourth-order valence-electron chi connectivity index (χ4n) is 2.79. The molecule has 0 heterocycles. The Hall–Kier alpha value is -3.47. The molecule has 0 bridgehead atoms. The first-order valence-corrected chi connectivity index (χ1v) is 11.5. The number of thioether (sulfide) groups is 1. The molecular weight excluding hydrogens is 458 g/mol. The van der Waals surface area contributed by atoms with Crippen molar-refractivity contribution in [3.8, 4) is 17.6 Å². The van der Waals surface area contributed by atoms with Crippen LogP contribution >= 0.6 is 23.4 Å². The number of benzene rings is 3. The van der Waals surface area contributed by atoms with E-state index in [-0.39, 0.29) is 18.3 Å². The van der Waals surface area contributed by atoms with Gasteiger partial charge in [0, 0.05) is 15.5 Å². The minimum Gasteiger partial charge on any atom is -0.490 e. The summed E-state index contributed by atoms with van der Waals surface area (Å²) in [6.45, 7) is 2.59. The van der Waals surface area contributed by atoms with Crippen molar-refractivity contribution in [2.45, 2.75) is 18.4 Å². The number of carbonyl (C=O) groups is 1. The number of nitriles is 1. The number of nitrogens with one attached hydrogen (secondary N) is 1. The average molecular weight is 480 g/mol. The van der Waals surface area contributed by atoms with Crippen molar-refractivity contribution in [1.82, 2.24) is 5.43 Å². The molecule has 0 aliphatic heterocycles. The van der Waals surface area contributed by atoms with Crippen LogP contribution in [0.1, 0.15) is 23.6 Å². The summed E-state index contributed by atoms with van der Waals surface area (Å²) in [4.78, 5) is 13.0. The van der Waals surface area contributed by atoms with Crippen LogP contribution in [0.15, 0.2) is 76.7 Å². The molecule has 6 nitrogen and oxygen atoms in total. The maximum atomic E-state index is 12.0. The molecule has 0 fully saturated rings. The Morgan fingerprint density at radius 3 is 2.67 bits per heavy atom. The highest BCUT2D eigenvalue weighted by molar-refractivity contribution is 8.00. The molecule has 0 unspecified atom stereocenters. The Kier molecular flexibility index (Phi) is 9.19. The summed E-state index contributed by atoms with van der Waals surface area (Å²) in [5, 5.41) is 13.9. The Morgan fingerprint density at radius 2 is 1.91 bits per heavy atom. The van der Waals surface area contributed by atoms with E-state index >= 15 is 0 Å². The third-order valence-electron chi connectivity index (χ3n) is 4.38. The van der Waals surface area contributed by atoms with Crippen LogP contribution in [0, 0.1) is 11.3 Å². The van der Waals surface area contributed by atoms with Crippen molar-refractivity contribution in [3.63, 3.8) is 0 Å². The monoisotopic (exact) mass is 479 g/mol. The molecule has 33 heavy (non-hydrogen) atoms. The van der Waals surface area contributed by atoms with Gasteiger partial charge in [0.25, 0.3) is 0 Å². The van der Waals surface area contributed by atoms with Crippen LogP contribution in [0.25, 0.3) is 0 Å². The Bertz CT molecular complexity index is 1160. The zero-order chi connectivity index (χ0) is 23.5. The minimum atomic E-state index is -0.215. The second-order valence-corrected chi connectivity index (χ2v) is 8.22. The van der Waals surface area contributed by atoms with E-state index in [9.17, 15) is 10.1 Å². The molecule has 8 heteroatoms. The zero-order valence-electron chi connectivity index (χ0n) is 18.0. The number of ether oxygens (including phenoxy) is 2. The highest BCUT2D eigenvalue weighted by Crippen LogP contribution is 2.29. The van der Waals surface area contributed by atoms with Crippen molar-refractivity contribution in [2.75, 3.05) is 12.4 Å². The molecule has 3 aromatic carbocycles. The van der Waals surface area contributed by atoms with E-state index < -0.39 is 0 Å². The van der Waals surface area contributed by atoms with Gasteiger partial charge in [-0.05, 0) is 61.0 Å². The van der Waals surface area contributed by atoms with Gasteiger partial charge in [-0.1, -0.05) is 29.8 Å². The molecule has 0 saturated carbocycles. The number of hydrogen-bond donors (Lipinski definition) is 1. The standard InChI is InChI=1S/C25H22ClN3O3S/c1-2-31-24-13-18(7-12-23(24)32-16-20-6-4-3-5-19(20)14-27)15-28-29-25(30)17-33-22-10-8-21(26)9-11-22/h3-13,15H,2,16-17H2,1H3,(H,29,30)/b28-15-. The second-order valence-electron chi connectivity index (χ2n) is 6.73. The average Bonchev–Trinajstić information content (AvgIpc) is 2.83.